The molecule has 0 aliphatic carbocycles. The van der Waals surface area contributed by atoms with Gasteiger partial charge in [0.25, 0.3) is 0 Å². The molecule has 1 atom stereocenters. The highest BCUT2D eigenvalue weighted by molar-refractivity contribution is 5.40. The minimum Gasteiger partial charge on any atom is -0.488 e. The summed E-state index contributed by atoms with van der Waals surface area (Å²) < 4.78 is 6.00. The van der Waals surface area contributed by atoms with Crippen LogP contribution >= 0.6 is 0 Å². The van der Waals surface area contributed by atoms with Gasteiger partial charge in [-0.3, -0.25) is 0 Å². The van der Waals surface area contributed by atoms with Gasteiger partial charge in [-0.2, -0.15) is 0 Å². The molecule has 88 valence electrons. The van der Waals surface area contributed by atoms with Crippen molar-refractivity contribution in [1.29, 1.82) is 0 Å². The van der Waals surface area contributed by atoms with Gasteiger partial charge in [0.2, 0.25) is 0 Å². The van der Waals surface area contributed by atoms with Gasteiger partial charge >= 0.3 is 0 Å². The van der Waals surface area contributed by atoms with Crippen LogP contribution in [0.3, 0.4) is 0 Å². The van der Waals surface area contributed by atoms with E-state index in [1.165, 1.54) is 11.1 Å². The summed E-state index contributed by atoms with van der Waals surface area (Å²) in [6.07, 6.45) is 3.12. The number of hydrogen-bond donors (Lipinski definition) is 1. The van der Waals surface area contributed by atoms with Crippen LogP contribution in [0.4, 0.5) is 0 Å². The summed E-state index contributed by atoms with van der Waals surface area (Å²) in [5.41, 5.74) is 8.38. The van der Waals surface area contributed by atoms with E-state index in [0.717, 1.165) is 25.0 Å². The van der Waals surface area contributed by atoms with Gasteiger partial charge in [0.15, 0.2) is 0 Å². The summed E-state index contributed by atoms with van der Waals surface area (Å²) >= 11 is 0. The highest BCUT2D eigenvalue weighted by Crippen LogP contribution is 2.33. The molecule has 0 spiro atoms. The zero-order valence-electron chi connectivity index (χ0n) is 10.4. The predicted molar refractivity (Wildman–Crippen MR) is 66.8 cm³/mol. The molecule has 1 aliphatic rings. The lowest BCUT2D eigenvalue weighted by Gasteiger charge is -2.32. The monoisotopic (exact) mass is 219 g/mol. The molecule has 1 unspecified atom stereocenters. The molecule has 2 rings (SSSR count). The molecule has 1 aromatic rings. The topological polar surface area (TPSA) is 35.2 Å². The zero-order chi connectivity index (χ0) is 11.8. The van der Waals surface area contributed by atoms with E-state index in [-0.39, 0.29) is 11.6 Å². The lowest BCUT2D eigenvalue weighted by atomic mass is 9.93. The third kappa shape index (κ3) is 2.56. The minimum absolute atomic E-state index is 0.0278. The number of fused-ring (bicyclic) bond motifs is 1. The molecule has 0 amide bonds. The van der Waals surface area contributed by atoms with Crippen LogP contribution in [-0.2, 0) is 12.8 Å². The van der Waals surface area contributed by atoms with Gasteiger partial charge in [-0.15, -0.1) is 0 Å². The lowest BCUT2D eigenvalue weighted by Crippen LogP contribution is -2.32. The second-order valence-electron chi connectivity index (χ2n) is 5.49. The number of hydrogen-bond acceptors (Lipinski definition) is 2. The second kappa shape index (κ2) is 4.10. The maximum atomic E-state index is 6.00. The molecule has 2 heteroatoms. The molecule has 0 radical (unpaired) electrons. The molecule has 0 saturated carbocycles. The summed E-state index contributed by atoms with van der Waals surface area (Å²) in [4.78, 5) is 0. The van der Waals surface area contributed by atoms with Crippen LogP contribution < -0.4 is 10.5 Å². The number of aryl methyl sites for hydroxylation is 1. The van der Waals surface area contributed by atoms with E-state index in [0.29, 0.717) is 0 Å². The standard InChI is InChI=1S/C14H21NO/c1-10(15)8-11-4-5-12-6-7-14(2,3)16-13(12)9-11/h4-5,9-10H,6-8,15H2,1-3H3. The van der Waals surface area contributed by atoms with Crippen molar-refractivity contribution in [3.05, 3.63) is 29.3 Å². The van der Waals surface area contributed by atoms with Crippen LogP contribution in [0.25, 0.3) is 0 Å². The van der Waals surface area contributed by atoms with Crippen LogP contribution in [0.5, 0.6) is 5.75 Å². The molecule has 2 N–H and O–H groups in total. The fraction of sp³-hybridized carbons (Fsp3) is 0.571. The Morgan fingerprint density at radius 1 is 1.44 bits per heavy atom. The van der Waals surface area contributed by atoms with Crippen molar-refractivity contribution in [3.8, 4) is 5.75 Å². The Bertz CT molecular complexity index is 382. The van der Waals surface area contributed by atoms with Crippen molar-refractivity contribution >= 4 is 0 Å². The van der Waals surface area contributed by atoms with Gasteiger partial charge in [-0.1, -0.05) is 12.1 Å². The van der Waals surface area contributed by atoms with Crippen molar-refractivity contribution in [1.82, 2.24) is 0 Å². The lowest BCUT2D eigenvalue weighted by molar-refractivity contribution is 0.0846. The minimum atomic E-state index is -0.0278. The quantitative estimate of drug-likeness (QED) is 0.830. The first-order valence-corrected chi connectivity index (χ1v) is 6.03. The third-order valence-corrected chi connectivity index (χ3v) is 3.07. The van der Waals surface area contributed by atoms with Crippen LogP contribution in [0, 0.1) is 0 Å². The van der Waals surface area contributed by atoms with Crippen LogP contribution in [0.15, 0.2) is 18.2 Å². The summed E-state index contributed by atoms with van der Waals surface area (Å²) in [6, 6.07) is 6.71. The van der Waals surface area contributed by atoms with Crippen molar-refractivity contribution in [2.45, 2.75) is 51.7 Å². The summed E-state index contributed by atoms with van der Waals surface area (Å²) in [5.74, 6) is 1.05. The van der Waals surface area contributed by atoms with Crippen molar-refractivity contribution in [3.63, 3.8) is 0 Å². The van der Waals surface area contributed by atoms with E-state index in [4.69, 9.17) is 10.5 Å². The van der Waals surface area contributed by atoms with Crippen molar-refractivity contribution < 1.29 is 4.74 Å². The number of nitrogens with two attached hydrogens (primary N) is 1. The number of benzene rings is 1. The first-order chi connectivity index (χ1) is 7.46. The average molecular weight is 219 g/mol. The zero-order valence-corrected chi connectivity index (χ0v) is 10.4. The Balaban J connectivity index is 2.24. The Kier molecular flexibility index (Phi) is 2.94. The highest BCUT2D eigenvalue weighted by atomic mass is 16.5. The van der Waals surface area contributed by atoms with E-state index < -0.39 is 0 Å². The van der Waals surface area contributed by atoms with Crippen molar-refractivity contribution in [2.75, 3.05) is 0 Å². The van der Waals surface area contributed by atoms with E-state index in [1.807, 2.05) is 6.92 Å². The molecule has 0 bridgehead atoms. The fourth-order valence-electron chi connectivity index (χ4n) is 2.18. The third-order valence-electron chi connectivity index (χ3n) is 3.07. The Morgan fingerprint density at radius 2 is 2.19 bits per heavy atom. The molecule has 0 fully saturated rings. The second-order valence-corrected chi connectivity index (χ2v) is 5.49. The Labute approximate surface area is 97.8 Å². The normalized spacial score (nSPS) is 19.8. The van der Waals surface area contributed by atoms with Crippen LogP contribution in [-0.4, -0.2) is 11.6 Å². The van der Waals surface area contributed by atoms with Crippen molar-refractivity contribution in [2.24, 2.45) is 5.73 Å². The van der Waals surface area contributed by atoms with Gasteiger partial charge in [0.1, 0.15) is 11.4 Å². The van der Waals surface area contributed by atoms with Gasteiger partial charge in [0.05, 0.1) is 0 Å². The van der Waals surface area contributed by atoms with E-state index >= 15 is 0 Å². The van der Waals surface area contributed by atoms with E-state index in [1.54, 1.807) is 0 Å². The molecular weight excluding hydrogens is 198 g/mol. The average Bonchev–Trinajstić information content (AvgIpc) is 2.14. The molecule has 1 heterocycles. The first-order valence-electron chi connectivity index (χ1n) is 6.03. The molecular formula is C14H21NO. The number of rotatable bonds is 2. The molecule has 1 aliphatic heterocycles. The molecule has 2 nitrogen and oxygen atoms in total. The van der Waals surface area contributed by atoms with Gasteiger partial charge in [-0.25, -0.2) is 0 Å². The van der Waals surface area contributed by atoms with E-state index in [2.05, 4.69) is 32.0 Å². The van der Waals surface area contributed by atoms with Gasteiger partial charge in [-0.05, 0) is 57.2 Å². The van der Waals surface area contributed by atoms with E-state index in [9.17, 15) is 0 Å². The maximum absolute atomic E-state index is 6.00. The number of ether oxygens (including phenoxy) is 1. The molecule has 1 aromatic carbocycles. The molecule has 16 heavy (non-hydrogen) atoms. The Morgan fingerprint density at radius 3 is 2.88 bits per heavy atom. The largest absolute Gasteiger partial charge is 0.488 e. The molecule has 0 aromatic heterocycles. The SMILES string of the molecule is CC(N)Cc1ccc2c(c1)OC(C)(C)CC2. The summed E-state index contributed by atoms with van der Waals surface area (Å²) in [6.45, 7) is 6.33. The highest BCUT2D eigenvalue weighted by Gasteiger charge is 2.26. The fourth-order valence-corrected chi connectivity index (χ4v) is 2.18. The maximum Gasteiger partial charge on any atom is 0.123 e. The first kappa shape index (κ1) is 11.5. The van der Waals surface area contributed by atoms with Gasteiger partial charge in [0, 0.05) is 6.04 Å². The smallest absolute Gasteiger partial charge is 0.123 e. The van der Waals surface area contributed by atoms with Crippen LogP contribution in [0.2, 0.25) is 0 Å². The molecule has 0 saturated heterocycles. The van der Waals surface area contributed by atoms with Gasteiger partial charge < -0.3 is 10.5 Å². The summed E-state index contributed by atoms with van der Waals surface area (Å²) in [5, 5.41) is 0. The summed E-state index contributed by atoms with van der Waals surface area (Å²) in [7, 11) is 0. The van der Waals surface area contributed by atoms with Crippen LogP contribution in [0.1, 0.15) is 38.3 Å². The Hall–Kier alpha value is -1.02. The predicted octanol–water partition coefficient (Wildman–Crippen LogP) is 2.68.